The number of allylic oxidation sites excluding steroid dienone is 5. The molecule has 0 aliphatic carbocycles. The second-order valence-electron chi connectivity index (χ2n) is 21.4. The molecule has 0 saturated heterocycles. The summed E-state index contributed by atoms with van der Waals surface area (Å²) in [6.45, 7) is 4.89. The molecule has 70 heavy (non-hydrogen) atoms. The van der Waals surface area contributed by atoms with E-state index in [2.05, 4.69) is 43.5 Å². The maximum Gasteiger partial charge on any atom is 0.305 e. The van der Waals surface area contributed by atoms with Crippen LogP contribution in [0.3, 0.4) is 0 Å². The average Bonchev–Trinajstić information content (AvgIpc) is 3.36. The molecule has 412 valence electrons. The van der Waals surface area contributed by atoms with E-state index in [1.165, 1.54) is 263 Å². The summed E-state index contributed by atoms with van der Waals surface area (Å²) in [5.41, 5.74) is 0. The molecule has 6 heteroatoms. The predicted octanol–water partition coefficient (Wildman–Crippen LogP) is 19.6. The van der Waals surface area contributed by atoms with E-state index in [1.807, 2.05) is 6.08 Å². The normalized spacial score (nSPS) is 12.8. The molecule has 0 aliphatic rings. The average molecular weight is 985 g/mol. The molecule has 0 spiro atoms. The Bertz CT molecular complexity index is 1130. The minimum atomic E-state index is -0.843. The van der Waals surface area contributed by atoms with E-state index >= 15 is 0 Å². The molecule has 2 atom stereocenters. The highest BCUT2D eigenvalue weighted by Crippen LogP contribution is 2.17. The minimum Gasteiger partial charge on any atom is -0.466 e. The van der Waals surface area contributed by atoms with Crippen LogP contribution in [0.2, 0.25) is 0 Å². The summed E-state index contributed by atoms with van der Waals surface area (Å²) in [7, 11) is 0. The molecule has 0 heterocycles. The van der Waals surface area contributed by atoms with E-state index < -0.39 is 12.1 Å². The molecule has 0 aromatic carbocycles. The number of carbonyl (C=O) groups excluding carboxylic acids is 2. The third-order valence-electron chi connectivity index (χ3n) is 14.4. The number of nitrogens with one attached hydrogen (secondary N) is 1. The molecular formula is C64H121NO5. The van der Waals surface area contributed by atoms with Crippen LogP contribution < -0.4 is 5.32 Å². The Labute approximate surface area is 436 Å². The molecule has 0 fully saturated rings. The number of hydrogen-bond acceptors (Lipinski definition) is 5. The van der Waals surface area contributed by atoms with Gasteiger partial charge in [-0.1, -0.05) is 275 Å². The fourth-order valence-corrected chi connectivity index (χ4v) is 9.57. The van der Waals surface area contributed by atoms with Gasteiger partial charge in [-0.3, -0.25) is 9.59 Å². The van der Waals surface area contributed by atoms with Crippen molar-refractivity contribution in [2.75, 3.05) is 13.2 Å². The first-order valence-corrected chi connectivity index (χ1v) is 31.3. The summed E-state index contributed by atoms with van der Waals surface area (Å²) < 4.78 is 5.49. The van der Waals surface area contributed by atoms with Gasteiger partial charge in [-0.15, -0.1) is 0 Å². The third-order valence-corrected chi connectivity index (χ3v) is 14.4. The van der Waals surface area contributed by atoms with E-state index in [0.717, 1.165) is 44.9 Å². The Balaban J connectivity index is 3.37. The molecule has 2 unspecified atom stereocenters. The van der Waals surface area contributed by atoms with Crippen molar-refractivity contribution < 1.29 is 24.5 Å². The van der Waals surface area contributed by atoms with Gasteiger partial charge in [0.15, 0.2) is 0 Å². The van der Waals surface area contributed by atoms with Crippen molar-refractivity contribution in [2.24, 2.45) is 0 Å². The monoisotopic (exact) mass is 984 g/mol. The lowest BCUT2D eigenvalue weighted by Crippen LogP contribution is -2.45. The van der Waals surface area contributed by atoms with Crippen molar-refractivity contribution in [1.82, 2.24) is 5.32 Å². The smallest absolute Gasteiger partial charge is 0.305 e. The summed E-state index contributed by atoms with van der Waals surface area (Å²) in [4.78, 5) is 24.5. The molecule has 0 aromatic heterocycles. The zero-order valence-corrected chi connectivity index (χ0v) is 47.0. The topological polar surface area (TPSA) is 95.9 Å². The van der Waals surface area contributed by atoms with Gasteiger partial charge in [-0.2, -0.15) is 0 Å². The van der Waals surface area contributed by atoms with Gasteiger partial charge >= 0.3 is 5.97 Å². The van der Waals surface area contributed by atoms with Crippen molar-refractivity contribution in [3.8, 4) is 0 Å². The van der Waals surface area contributed by atoms with Crippen LogP contribution in [0.15, 0.2) is 36.5 Å². The third kappa shape index (κ3) is 55.4. The Kier molecular flexibility index (Phi) is 58.0. The van der Waals surface area contributed by atoms with Crippen LogP contribution >= 0.6 is 0 Å². The fourth-order valence-electron chi connectivity index (χ4n) is 9.57. The zero-order valence-electron chi connectivity index (χ0n) is 47.0. The summed E-state index contributed by atoms with van der Waals surface area (Å²) in [6, 6.07) is -0.627. The number of aliphatic hydroxyl groups is 2. The van der Waals surface area contributed by atoms with Gasteiger partial charge in [0, 0.05) is 12.8 Å². The Morgan fingerprint density at radius 1 is 0.386 bits per heavy atom. The largest absolute Gasteiger partial charge is 0.466 e. The van der Waals surface area contributed by atoms with Crippen molar-refractivity contribution in [3.63, 3.8) is 0 Å². The predicted molar refractivity (Wildman–Crippen MR) is 306 cm³/mol. The van der Waals surface area contributed by atoms with Crippen molar-refractivity contribution in [3.05, 3.63) is 36.5 Å². The first-order chi connectivity index (χ1) is 34.5. The summed E-state index contributed by atoms with van der Waals surface area (Å²) in [5.74, 6) is -0.0632. The summed E-state index contributed by atoms with van der Waals surface area (Å²) in [5, 5.41) is 23.0. The molecule has 1 amide bonds. The van der Waals surface area contributed by atoms with Crippen LogP contribution in [0.1, 0.15) is 335 Å². The number of amides is 1. The number of hydrogen-bond donors (Lipinski definition) is 3. The first-order valence-electron chi connectivity index (χ1n) is 31.3. The molecule has 0 aliphatic heterocycles. The van der Waals surface area contributed by atoms with Crippen molar-refractivity contribution in [2.45, 2.75) is 347 Å². The molecule has 0 bridgehead atoms. The molecule has 6 nitrogen and oxygen atoms in total. The standard InChI is InChI=1S/C64H121NO5/c1-3-5-7-9-11-13-15-16-17-32-35-38-42-46-50-54-58-64(69)70-59-55-51-47-43-39-36-33-30-28-26-24-22-20-18-19-21-23-25-27-29-31-34-37-41-45-49-53-57-63(68)65-61(60-66)62(67)56-52-48-44-40-14-12-10-8-6-4-2/h17-19,32,52,56,61-62,66-67H,3-16,20-31,33-51,53-55,57-60H2,1-2H3,(H,65,68)/b19-18-,32-17-,56-52+. The van der Waals surface area contributed by atoms with E-state index in [0.29, 0.717) is 19.4 Å². The molecular weight excluding hydrogens is 863 g/mol. The van der Waals surface area contributed by atoms with Crippen molar-refractivity contribution in [1.29, 1.82) is 0 Å². The maximum atomic E-state index is 12.4. The molecule has 0 rings (SSSR count). The number of carbonyl (C=O) groups is 2. The van der Waals surface area contributed by atoms with Crippen LogP contribution in [0, 0.1) is 0 Å². The summed E-state index contributed by atoms with van der Waals surface area (Å²) in [6.07, 6.45) is 74.9. The summed E-state index contributed by atoms with van der Waals surface area (Å²) >= 11 is 0. The van der Waals surface area contributed by atoms with Crippen LogP contribution in [-0.2, 0) is 14.3 Å². The lowest BCUT2D eigenvalue weighted by Gasteiger charge is -2.20. The maximum absolute atomic E-state index is 12.4. The second kappa shape index (κ2) is 59.6. The van der Waals surface area contributed by atoms with Gasteiger partial charge in [0.25, 0.3) is 0 Å². The van der Waals surface area contributed by atoms with Crippen LogP contribution in [0.5, 0.6) is 0 Å². The van der Waals surface area contributed by atoms with E-state index in [-0.39, 0.29) is 18.5 Å². The van der Waals surface area contributed by atoms with E-state index in [9.17, 15) is 19.8 Å². The van der Waals surface area contributed by atoms with Gasteiger partial charge < -0.3 is 20.3 Å². The molecule has 3 N–H and O–H groups in total. The quantitative estimate of drug-likeness (QED) is 0.0321. The highest BCUT2D eigenvalue weighted by atomic mass is 16.5. The Hall–Kier alpha value is -1.92. The highest BCUT2D eigenvalue weighted by molar-refractivity contribution is 5.76. The van der Waals surface area contributed by atoms with E-state index in [1.54, 1.807) is 6.08 Å². The number of aliphatic hydroxyl groups excluding tert-OH is 2. The first kappa shape index (κ1) is 68.1. The van der Waals surface area contributed by atoms with Gasteiger partial charge in [-0.05, 0) is 83.5 Å². The zero-order chi connectivity index (χ0) is 50.7. The SMILES string of the molecule is CCCCCCCCC/C=C\CCCCCCCC(=O)OCCCCCCCCCCCCCC/C=C\CCCCCCCCCCCCCC(=O)NC(CO)C(O)/C=C/CCCCCCCCCC. The molecule has 0 aromatic rings. The number of unbranched alkanes of at least 4 members (excludes halogenated alkanes) is 43. The Morgan fingerprint density at radius 3 is 1.01 bits per heavy atom. The Morgan fingerprint density at radius 2 is 0.671 bits per heavy atom. The second-order valence-corrected chi connectivity index (χ2v) is 21.4. The van der Waals surface area contributed by atoms with Gasteiger partial charge in [0.1, 0.15) is 0 Å². The van der Waals surface area contributed by atoms with Crippen molar-refractivity contribution >= 4 is 11.9 Å². The number of rotatable bonds is 58. The van der Waals surface area contributed by atoms with Gasteiger partial charge in [0.2, 0.25) is 5.91 Å². The van der Waals surface area contributed by atoms with Gasteiger partial charge in [0.05, 0.1) is 25.4 Å². The fraction of sp³-hybridized carbons (Fsp3) is 0.875. The lowest BCUT2D eigenvalue weighted by atomic mass is 10.0. The lowest BCUT2D eigenvalue weighted by molar-refractivity contribution is -0.143. The minimum absolute atomic E-state index is 0.00720. The van der Waals surface area contributed by atoms with Crippen LogP contribution in [0.4, 0.5) is 0 Å². The highest BCUT2D eigenvalue weighted by Gasteiger charge is 2.18. The molecule has 0 saturated carbocycles. The van der Waals surface area contributed by atoms with Crippen LogP contribution in [0.25, 0.3) is 0 Å². The van der Waals surface area contributed by atoms with E-state index in [4.69, 9.17) is 4.74 Å². The van der Waals surface area contributed by atoms with Gasteiger partial charge in [-0.25, -0.2) is 0 Å². The van der Waals surface area contributed by atoms with Crippen LogP contribution in [-0.4, -0.2) is 47.4 Å². The number of ether oxygens (including phenoxy) is 1. The number of esters is 1. The molecule has 0 radical (unpaired) electrons.